The van der Waals surface area contributed by atoms with Crippen molar-refractivity contribution in [2.24, 2.45) is 28.6 Å². The minimum atomic E-state index is 0.165. The monoisotopic (exact) mass is 404 g/mol. The molecule has 0 aromatic rings. The van der Waals surface area contributed by atoms with Gasteiger partial charge in [-0.15, -0.1) is 0 Å². The summed E-state index contributed by atoms with van der Waals surface area (Å²) in [6.45, 7) is 12.4. The molecule has 0 N–H and O–H groups in total. The van der Waals surface area contributed by atoms with Crippen molar-refractivity contribution in [3.8, 4) is 0 Å². The van der Waals surface area contributed by atoms with Crippen molar-refractivity contribution < 1.29 is 19.6 Å². The van der Waals surface area contributed by atoms with E-state index < -0.39 is 0 Å². The first-order valence-electron chi connectivity index (χ1n) is 11.9. The third-order valence-corrected chi connectivity index (χ3v) is 8.83. The molecule has 4 aliphatic carbocycles. The summed E-state index contributed by atoms with van der Waals surface area (Å²) >= 11 is 0. The maximum absolute atomic E-state index is 5.72. The van der Waals surface area contributed by atoms with Crippen molar-refractivity contribution in [1.82, 2.24) is 0 Å². The summed E-state index contributed by atoms with van der Waals surface area (Å²) in [4.78, 5) is 21.9. The van der Waals surface area contributed by atoms with Gasteiger partial charge in [-0.05, 0) is 94.3 Å². The van der Waals surface area contributed by atoms with Crippen LogP contribution in [0, 0.1) is 28.6 Å². The smallest absolute Gasteiger partial charge is 0.0967 e. The Bertz CT molecular complexity index is 655. The number of hydrogen-bond donors (Lipinski definition) is 0. The highest BCUT2D eigenvalue weighted by atomic mass is 17.2. The molecule has 0 aromatic heterocycles. The van der Waals surface area contributed by atoms with Crippen LogP contribution < -0.4 is 0 Å². The van der Waals surface area contributed by atoms with Crippen LogP contribution in [0.15, 0.2) is 23.3 Å². The zero-order valence-electron chi connectivity index (χ0n) is 19.0. The Morgan fingerprint density at radius 1 is 0.966 bits per heavy atom. The minimum Gasteiger partial charge on any atom is -0.237 e. The van der Waals surface area contributed by atoms with Crippen LogP contribution in [-0.2, 0) is 19.6 Å². The Hall–Kier alpha value is -0.680. The molecule has 3 saturated carbocycles. The molecule has 3 fully saturated rings. The molecule has 0 amide bonds. The van der Waals surface area contributed by atoms with E-state index >= 15 is 0 Å². The van der Waals surface area contributed by atoms with Crippen LogP contribution in [0.1, 0.15) is 79.6 Å². The molecular formula is C25H40O4. The maximum Gasteiger partial charge on any atom is 0.0967 e. The first-order chi connectivity index (χ1) is 13.9. The van der Waals surface area contributed by atoms with Crippen LogP contribution in [0.2, 0.25) is 0 Å². The molecule has 0 aromatic carbocycles. The Morgan fingerprint density at radius 2 is 1.76 bits per heavy atom. The van der Waals surface area contributed by atoms with Gasteiger partial charge in [0.15, 0.2) is 0 Å². The van der Waals surface area contributed by atoms with Crippen molar-refractivity contribution in [1.29, 1.82) is 0 Å². The molecule has 0 heterocycles. The molecule has 29 heavy (non-hydrogen) atoms. The molecule has 0 bridgehead atoms. The van der Waals surface area contributed by atoms with Gasteiger partial charge in [0.2, 0.25) is 0 Å². The summed E-state index contributed by atoms with van der Waals surface area (Å²) in [6.07, 6.45) is 13.7. The van der Waals surface area contributed by atoms with E-state index in [0.717, 1.165) is 12.8 Å². The number of rotatable bonds is 7. The highest BCUT2D eigenvalue weighted by molar-refractivity contribution is 5.38. The van der Waals surface area contributed by atoms with Gasteiger partial charge in [-0.1, -0.05) is 37.1 Å². The summed E-state index contributed by atoms with van der Waals surface area (Å²) < 4.78 is 0. The van der Waals surface area contributed by atoms with Gasteiger partial charge in [-0.2, -0.15) is 0 Å². The summed E-state index contributed by atoms with van der Waals surface area (Å²) in [7, 11) is 0. The molecule has 4 rings (SSSR count). The van der Waals surface area contributed by atoms with Gasteiger partial charge >= 0.3 is 0 Å². The Kier molecular flexibility index (Phi) is 6.28. The average molecular weight is 405 g/mol. The summed E-state index contributed by atoms with van der Waals surface area (Å²) in [5.74, 6) is 1.95. The fourth-order valence-corrected chi connectivity index (χ4v) is 7.27. The van der Waals surface area contributed by atoms with Crippen molar-refractivity contribution in [2.45, 2.75) is 91.8 Å². The molecule has 2 unspecified atom stereocenters. The zero-order chi connectivity index (χ0) is 20.6. The Balaban J connectivity index is 1.54. The third kappa shape index (κ3) is 3.64. The van der Waals surface area contributed by atoms with Gasteiger partial charge in [0.1, 0.15) is 0 Å². The van der Waals surface area contributed by atoms with Gasteiger partial charge in [0.05, 0.1) is 25.4 Å². The lowest BCUT2D eigenvalue weighted by atomic mass is 9.50. The van der Waals surface area contributed by atoms with Crippen molar-refractivity contribution in [2.75, 3.05) is 13.2 Å². The third-order valence-electron chi connectivity index (χ3n) is 8.83. The molecule has 4 heteroatoms. The van der Waals surface area contributed by atoms with Crippen molar-refractivity contribution >= 4 is 0 Å². The normalized spacial score (nSPS) is 42.4. The lowest BCUT2D eigenvalue weighted by Gasteiger charge is -2.55. The minimum absolute atomic E-state index is 0.165. The SMILES string of the molecule is CCOOC1CC[C@]2(C)C(=CC=C3[C@H]2CC[C@]2(C)[C@@H](C(C)OOCC)CC[C@@H]32)C1. The van der Waals surface area contributed by atoms with Crippen LogP contribution >= 0.6 is 0 Å². The number of fused-ring (bicyclic) bond motifs is 5. The number of hydrogen-bond acceptors (Lipinski definition) is 4. The Labute approximate surface area is 176 Å². The number of allylic oxidation sites excluding steroid dienone is 3. The van der Waals surface area contributed by atoms with Gasteiger partial charge in [0.25, 0.3) is 0 Å². The van der Waals surface area contributed by atoms with Gasteiger partial charge in [-0.25, -0.2) is 19.6 Å². The van der Waals surface area contributed by atoms with Crippen LogP contribution in [0.5, 0.6) is 0 Å². The van der Waals surface area contributed by atoms with Crippen LogP contribution in [0.4, 0.5) is 0 Å². The fraction of sp³-hybridized carbons (Fsp3) is 0.840. The second-order valence-electron chi connectivity index (χ2n) is 10.2. The second kappa shape index (κ2) is 8.45. The second-order valence-corrected chi connectivity index (χ2v) is 10.2. The van der Waals surface area contributed by atoms with Crippen molar-refractivity contribution in [3.05, 3.63) is 23.3 Å². The van der Waals surface area contributed by atoms with E-state index in [1.807, 2.05) is 13.8 Å². The molecule has 0 spiro atoms. The molecule has 7 atom stereocenters. The summed E-state index contributed by atoms with van der Waals surface area (Å²) in [5.41, 5.74) is 3.92. The molecule has 164 valence electrons. The highest BCUT2D eigenvalue weighted by Gasteiger charge is 2.57. The first kappa shape index (κ1) is 21.5. The van der Waals surface area contributed by atoms with Gasteiger partial charge < -0.3 is 0 Å². The largest absolute Gasteiger partial charge is 0.237 e. The van der Waals surface area contributed by atoms with E-state index in [0.29, 0.717) is 41.8 Å². The molecule has 0 saturated heterocycles. The standard InChI is InChI=1S/C25H40O4/c1-6-26-28-17(3)21-10-11-22-20-9-8-18-16-19(29-27-7-2)12-14-24(18,4)23(20)13-15-25(21,22)5/h8-9,17,19,21-23H,6-7,10-16H2,1-5H3/t17?,19?,21-,22+,23-,24-,25-/m1/s1. The highest BCUT2D eigenvalue weighted by Crippen LogP contribution is 2.65. The predicted molar refractivity (Wildman–Crippen MR) is 114 cm³/mol. The lowest BCUT2D eigenvalue weighted by Crippen LogP contribution is -2.47. The zero-order valence-corrected chi connectivity index (χ0v) is 19.0. The van der Waals surface area contributed by atoms with Gasteiger partial charge in [-0.3, -0.25) is 0 Å². The van der Waals surface area contributed by atoms with E-state index in [2.05, 4.69) is 32.9 Å². The topological polar surface area (TPSA) is 36.9 Å². The molecule has 0 radical (unpaired) electrons. The van der Waals surface area contributed by atoms with Crippen LogP contribution in [0.25, 0.3) is 0 Å². The molecular weight excluding hydrogens is 364 g/mol. The van der Waals surface area contributed by atoms with E-state index in [4.69, 9.17) is 19.6 Å². The van der Waals surface area contributed by atoms with Crippen LogP contribution in [-0.4, -0.2) is 25.4 Å². The van der Waals surface area contributed by atoms with E-state index in [-0.39, 0.29) is 12.2 Å². The summed E-state index contributed by atoms with van der Waals surface area (Å²) in [6, 6.07) is 0. The van der Waals surface area contributed by atoms with Crippen molar-refractivity contribution in [3.63, 3.8) is 0 Å². The van der Waals surface area contributed by atoms with E-state index in [1.165, 1.54) is 32.1 Å². The maximum atomic E-state index is 5.72. The Morgan fingerprint density at radius 3 is 2.52 bits per heavy atom. The molecule has 0 aliphatic heterocycles. The van der Waals surface area contributed by atoms with E-state index in [1.54, 1.807) is 11.1 Å². The molecule has 4 nitrogen and oxygen atoms in total. The van der Waals surface area contributed by atoms with Gasteiger partial charge in [0, 0.05) is 0 Å². The predicted octanol–water partition coefficient (Wildman–Crippen LogP) is 6.18. The lowest BCUT2D eigenvalue weighted by molar-refractivity contribution is -0.332. The first-order valence-corrected chi connectivity index (χ1v) is 11.9. The fourth-order valence-electron chi connectivity index (χ4n) is 7.27. The van der Waals surface area contributed by atoms with Crippen LogP contribution in [0.3, 0.4) is 0 Å². The average Bonchev–Trinajstić information content (AvgIpc) is 3.07. The molecule has 4 aliphatic rings. The van der Waals surface area contributed by atoms with E-state index in [9.17, 15) is 0 Å². The summed E-state index contributed by atoms with van der Waals surface area (Å²) in [5, 5.41) is 0. The quantitative estimate of drug-likeness (QED) is 0.375.